The Hall–Kier alpha value is -3.68. The standard InChI is InChI=1S/C21H21N5O3/c1-14-4-5-15(2)19(10-14)28-13-17-11-18(25-29-17)20(27)22-8-6-16-12-26-9-3-7-23-21(26)24-16/h3-5,7,9-12H,6,8,13H2,1-2H3,(H,22,27). The predicted molar refractivity (Wildman–Crippen MR) is 106 cm³/mol. The highest BCUT2D eigenvalue weighted by atomic mass is 16.5. The number of hydrogen-bond acceptors (Lipinski definition) is 6. The molecule has 0 unspecified atom stereocenters. The molecule has 0 aliphatic heterocycles. The lowest BCUT2D eigenvalue weighted by Gasteiger charge is -2.07. The van der Waals surface area contributed by atoms with E-state index in [0.29, 0.717) is 24.5 Å². The van der Waals surface area contributed by atoms with Crippen molar-refractivity contribution in [3.8, 4) is 5.75 Å². The Morgan fingerprint density at radius 2 is 2.17 bits per heavy atom. The average molecular weight is 391 g/mol. The molecule has 29 heavy (non-hydrogen) atoms. The largest absolute Gasteiger partial charge is 0.485 e. The number of amides is 1. The number of aryl methyl sites for hydroxylation is 2. The second-order valence-corrected chi connectivity index (χ2v) is 6.80. The van der Waals surface area contributed by atoms with E-state index in [4.69, 9.17) is 9.26 Å². The van der Waals surface area contributed by atoms with Crippen LogP contribution in [0.25, 0.3) is 5.78 Å². The van der Waals surface area contributed by atoms with E-state index in [0.717, 1.165) is 22.6 Å². The van der Waals surface area contributed by atoms with Crippen molar-refractivity contribution in [1.82, 2.24) is 24.8 Å². The first-order valence-corrected chi connectivity index (χ1v) is 9.31. The molecule has 8 heteroatoms. The first-order chi connectivity index (χ1) is 14.1. The Morgan fingerprint density at radius 1 is 1.28 bits per heavy atom. The number of ether oxygens (including phenoxy) is 1. The fraction of sp³-hybridized carbons (Fsp3) is 0.238. The number of nitrogens with one attached hydrogen (secondary N) is 1. The lowest BCUT2D eigenvalue weighted by Crippen LogP contribution is -2.26. The van der Waals surface area contributed by atoms with Gasteiger partial charge in [0.1, 0.15) is 12.4 Å². The molecule has 3 heterocycles. The fourth-order valence-electron chi connectivity index (χ4n) is 2.89. The van der Waals surface area contributed by atoms with Gasteiger partial charge in [0.05, 0.1) is 5.69 Å². The highest BCUT2D eigenvalue weighted by Crippen LogP contribution is 2.20. The number of nitrogens with zero attached hydrogens (tertiary/aromatic N) is 4. The molecular weight excluding hydrogens is 370 g/mol. The minimum Gasteiger partial charge on any atom is -0.485 e. The number of imidazole rings is 1. The molecule has 4 rings (SSSR count). The molecule has 0 fully saturated rings. The smallest absolute Gasteiger partial charge is 0.273 e. The van der Waals surface area contributed by atoms with E-state index in [1.165, 1.54) is 0 Å². The predicted octanol–water partition coefficient (Wildman–Crippen LogP) is 2.89. The zero-order valence-corrected chi connectivity index (χ0v) is 16.3. The van der Waals surface area contributed by atoms with E-state index in [1.807, 2.05) is 54.9 Å². The Balaban J connectivity index is 1.29. The first kappa shape index (κ1) is 18.7. The van der Waals surface area contributed by atoms with E-state index in [9.17, 15) is 4.79 Å². The monoisotopic (exact) mass is 391 g/mol. The molecular formula is C21H21N5O3. The summed E-state index contributed by atoms with van der Waals surface area (Å²) in [5, 5.41) is 6.66. The maximum atomic E-state index is 12.3. The fourth-order valence-corrected chi connectivity index (χ4v) is 2.89. The molecule has 0 bridgehead atoms. The van der Waals surface area contributed by atoms with Gasteiger partial charge in [-0.15, -0.1) is 0 Å². The summed E-state index contributed by atoms with van der Waals surface area (Å²) >= 11 is 0. The summed E-state index contributed by atoms with van der Waals surface area (Å²) < 4.78 is 12.8. The number of carbonyl (C=O) groups excluding carboxylic acids is 1. The average Bonchev–Trinajstić information content (AvgIpc) is 3.35. The van der Waals surface area contributed by atoms with Crippen molar-refractivity contribution in [3.63, 3.8) is 0 Å². The molecule has 1 aromatic carbocycles. The molecule has 0 radical (unpaired) electrons. The SMILES string of the molecule is Cc1ccc(C)c(OCc2cc(C(=O)NCCc3cn4cccnc4n3)no2)c1. The normalized spacial score (nSPS) is 11.0. The van der Waals surface area contributed by atoms with Crippen molar-refractivity contribution in [2.75, 3.05) is 6.54 Å². The zero-order chi connectivity index (χ0) is 20.2. The zero-order valence-electron chi connectivity index (χ0n) is 16.3. The van der Waals surface area contributed by atoms with Crippen LogP contribution in [0, 0.1) is 13.8 Å². The molecule has 0 saturated carbocycles. The van der Waals surface area contributed by atoms with Gasteiger partial charge in [-0.3, -0.25) is 9.20 Å². The van der Waals surface area contributed by atoms with Gasteiger partial charge < -0.3 is 14.6 Å². The van der Waals surface area contributed by atoms with Crippen molar-refractivity contribution in [2.45, 2.75) is 26.9 Å². The molecule has 3 aromatic heterocycles. The molecule has 148 valence electrons. The van der Waals surface area contributed by atoms with Crippen LogP contribution in [0.15, 0.2) is 53.4 Å². The third-order valence-electron chi connectivity index (χ3n) is 4.46. The summed E-state index contributed by atoms with van der Waals surface area (Å²) in [6.45, 7) is 4.63. The second kappa shape index (κ2) is 8.14. The van der Waals surface area contributed by atoms with Gasteiger partial charge in [-0.25, -0.2) is 9.97 Å². The van der Waals surface area contributed by atoms with Crippen LogP contribution in [0.4, 0.5) is 0 Å². The number of rotatable bonds is 7. The molecule has 1 N–H and O–H groups in total. The van der Waals surface area contributed by atoms with Gasteiger partial charge in [0.2, 0.25) is 5.78 Å². The number of benzene rings is 1. The number of fused-ring (bicyclic) bond motifs is 1. The summed E-state index contributed by atoms with van der Waals surface area (Å²) in [4.78, 5) is 20.9. The van der Waals surface area contributed by atoms with E-state index < -0.39 is 0 Å². The van der Waals surface area contributed by atoms with E-state index in [2.05, 4.69) is 20.4 Å². The maximum Gasteiger partial charge on any atom is 0.273 e. The van der Waals surface area contributed by atoms with Gasteiger partial charge in [-0.2, -0.15) is 0 Å². The number of hydrogen-bond donors (Lipinski definition) is 1. The summed E-state index contributed by atoms with van der Waals surface area (Å²) in [5.41, 5.74) is 3.23. The minimum absolute atomic E-state index is 0.207. The van der Waals surface area contributed by atoms with Gasteiger partial charge in [0.25, 0.3) is 5.91 Å². The Morgan fingerprint density at radius 3 is 3.03 bits per heavy atom. The quantitative estimate of drug-likeness (QED) is 0.521. The third-order valence-corrected chi connectivity index (χ3v) is 4.46. The number of aromatic nitrogens is 4. The summed E-state index contributed by atoms with van der Waals surface area (Å²) in [5.74, 6) is 1.62. The Bertz CT molecular complexity index is 1120. The van der Waals surface area contributed by atoms with E-state index in [1.54, 1.807) is 12.3 Å². The molecule has 4 aromatic rings. The molecule has 1 amide bonds. The topological polar surface area (TPSA) is 94.5 Å². The second-order valence-electron chi connectivity index (χ2n) is 6.80. The van der Waals surface area contributed by atoms with Crippen LogP contribution < -0.4 is 10.1 Å². The van der Waals surface area contributed by atoms with Crippen LogP contribution in [-0.4, -0.2) is 32.0 Å². The summed E-state index contributed by atoms with van der Waals surface area (Å²) in [6, 6.07) is 9.43. The highest BCUT2D eigenvalue weighted by Gasteiger charge is 2.13. The van der Waals surface area contributed by atoms with Crippen LogP contribution in [0.3, 0.4) is 0 Å². The minimum atomic E-state index is -0.298. The summed E-state index contributed by atoms with van der Waals surface area (Å²) in [6.07, 6.45) is 6.07. The van der Waals surface area contributed by atoms with Gasteiger partial charge in [0.15, 0.2) is 11.5 Å². The Kier molecular flexibility index (Phi) is 5.24. The van der Waals surface area contributed by atoms with E-state index >= 15 is 0 Å². The highest BCUT2D eigenvalue weighted by molar-refractivity contribution is 5.92. The van der Waals surface area contributed by atoms with Crippen LogP contribution in [0.5, 0.6) is 5.75 Å². The van der Waals surface area contributed by atoms with Crippen LogP contribution in [-0.2, 0) is 13.0 Å². The molecule has 0 aliphatic carbocycles. The molecule has 0 aliphatic rings. The van der Waals surface area contributed by atoms with Crippen LogP contribution in [0.1, 0.15) is 33.1 Å². The maximum absolute atomic E-state index is 12.3. The van der Waals surface area contributed by atoms with Gasteiger partial charge in [-0.1, -0.05) is 17.3 Å². The molecule has 0 spiro atoms. The van der Waals surface area contributed by atoms with Crippen molar-refractivity contribution in [1.29, 1.82) is 0 Å². The van der Waals surface area contributed by atoms with Crippen LogP contribution in [0.2, 0.25) is 0 Å². The van der Waals surface area contributed by atoms with Gasteiger partial charge in [-0.05, 0) is 37.1 Å². The van der Waals surface area contributed by atoms with Crippen molar-refractivity contribution < 1.29 is 14.1 Å². The molecule has 0 atom stereocenters. The third kappa shape index (κ3) is 4.43. The first-order valence-electron chi connectivity index (χ1n) is 9.31. The lowest BCUT2D eigenvalue weighted by atomic mass is 10.1. The number of carbonyl (C=O) groups is 1. The molecule has 0 saturated heterocycles. The molecule has 8 nitrogen and oxygen atoms in total. The summed E-state index contributed by atoms with van der Waals surface area (Å²) in [7, 11) is 0. The Labute approximate surface area is 167 Å². The van der Waals surface area contributed by atoms with Gasteiger partial charge >= 0.3 is 0 Å². The van der Waals surface area contributed by atoms with Crippen molar-refractivity contribution in [2.24, 2.45) is 0 Å². The van der Waals surface area contributed by atoms with Crippen molar-refractivity contribution in [3.05, 3.63) is 77.2 Å². The van der Waals surface area contributed by atoms with E-state index in [-0.39, 0.29) is 18.2 Å². The van der Waals surface area contributed by atoms with Crippen molar-refractivity contribution >= 4 is 11.7 Å². The lowest BCUT2D eigenvalue weighted by molar-refractivity contribution is 0.0944. The van der Waals surface area contributed by atoms with Crippen LogP contribution >= 0.6 is 0 Å². The van der Waals surface area contributed by atoms with Gasteiger partial charge in [0, 0.05) is 37.6 Å².